The molecule has 6 N–H and O–H groups in total. The van der Waals surface area contributed by atoms with Crippen molar-refractivity contribution in [3.8, 4) is 0 Å². The van der Waals surface area contributed by atoms with Gasteiger partial charge in [-0.05, 0) is 0 Å². The molecular weight excluding hydrogens is 92.1 g/mol. The molecule has 0 saturated carbocycles. The van der Waals surface area contributed by atoms with Gasteiger partial charge in [0.2, 0.25) is 0 Å². The molecule has 0 aromatic heterocycles. The zero-order chi connectivity index (χ0) is 5.70. The van der Waals surface area contributed by atoms with Gasteiger partial charge in [-0.3, -0.25) is 4.90 Å². The van der Waals surface area contributed by atoms with Crippen LogP contribution in [0.15, 0.2) is 0 Å². The van der Waals surface area contributed by atoms with Crippen LogP contribution in [0.25, 0.3) is 0 Å². The standard InChI is InChI=1S/C3H12N4/c4-1-7(2-5)3-6/h1-6H2. The normalized spacial score (nSPS) is 10.3. The summed E-state index contributed by atoms with van der Waals surface area (Å²) in [5.41, 5.74) is 15.5. The van der Waals surface area contributed by atoms with Gasteiger partial charge >= 0.3 is 0 Å². The summed E-state index contributed by atoms with van der Waals surface area (Å²) in [4.78, 5) is 1.71. The first-order valence-electron chi connectivity index (χ1n) is 2.17. The average molecular weight is 104 g/mol. The van der Waals surface area contributed by atoms with Crippen molar-refractivity contribution in [2.75, 3.05) is 20.0 Å². The molecule has 0 aliphatic heterocycles. The van der Waals surface area contributed by atoms with Crippen molar-refractivity contribution < 1.29 is 0 Å². The van der Waals surface area contributed by atoms with Gasteiger partial charge in [0.1, 0.15) is 0 Å². The quantitative estimate of drug-likeness (QED) is 0.363. The monoisotopic (exact) mass is 104 g/mol. The third kappa shape index (κ3) is 2.52. The van der Waals surface area contributed by atoms with Crippen molar-refractivity contribution in [2.24, 2.45) is 17.2 Å². The molecule has 0 aromatic rings. The fourth-order valence-corrected chi connectivity index (χ4v) is 0.224. The van der Waals surface area contributed by atoms with E-state index in [1.807, 2.05) is 0 Å². The van der Waals surface area contributed by atoms with Crippen LogP contribution in [0.5, 0.6) is 0 Å². The molecule has 4 heteroatoms. The first-order chi connectivity index (χ1) is 3.35. The molecule has 0 radical (unpaired) electrons. The van der Waals surface area contributed by atoms with E-state index in [1.165, 1.54) is 0 Å². The van der Waals surface area contributed by atoms with E-state index in [2.05, 4.69) is 0 Å². The second kappa shape index (κ2) is 4.01. The van der Waals surface area contributed by atoms with E-state index in [-0.39, 0.29) is 0 Å². The third-order valence-corrected chi connectivity index (χ3v) is 0.775. The molecule has 0 rings (SSSR count). The van der Waals surface area contributed by atoms with E-state index in [1.54, 1.807) is 4.90 Å². The third-order valence-electron chi connectivity index (χ3n) is 0.775. The van der Waals surface area contributed by atoms with E-state index >= 15 is 0 Å². The molecular formula is C3H12N4. The van der Waals surface area contributed by atoms with Gasteiger partial charge < -0.3 is 17.2 Å². The number of rotatable bonds is 3. The van der Waals surface area contributed by atoms with Gasteiger partial charge in [0, 0.05) is 20.0 Å². The molecule has 0 atom stereocenters. The maximum Gasteiger partial charge on any atom is 0.0479 e. The molecule has 0 aromatic carbocycles. The summed E-state index contributed by atoms with van der Waals surface area (Å²) in [5, 5.41) is 0. The summed E-state index contributed by atoms with van der Waals surface area (Å²) in [6, 6.07) is 0. The van der Waals surface area contributed by atoms with Crippen LogP contribution in [0.2, 0.25) is 0 Å². The minimum Gasteiger partial charge on any atom is -0.318 e. The second-order valence-electron chi connectivity index (χ2n) is 1.22. The highest BCUT2D eigenvalue weighted by Gasteiger charge is 1.89. The van der Waals surface area contributed by atoms with Gasteiger partial charge in [-0.1, -0.05) is 0 Å². The average Bonchev–Trinajstić information content (AvgIpc) is 1.72. The van der Waals surface area contributed by atoms with Crippen molar-refractivity contribution >= 4 is 0 Å². The molecule has 0 saturated heterocycles. The van der Waals surface area contributed by atoms with Crippen molar-refractivity contribution in [2.45, 2.75) is 0 Å². The van der Waals surface area contributed by atoms with Crippen molar-refractivity contribution in [1.82, 2.24) is 4.90 Å². The van der Waals surface area contributed by atoms with Crippen LogP contribution in [0.4, 0.5) is 0 Å². The lowest BCUT2D eigenvalue weighted by molar-refractivity contribution is 0.299. The molecule has 0 aliphatic rings. The molecule has 7 heavy (non-hydrogen) atoms. The lowest BCUT2D eigenvalue weighted by Gasteiger charge is -2.12. The van der Waals surface area contributed by atoms with Crippen LogP contribution in [-0.4, -0.2) is 24.9 Å². The van der Waals surface area contributed by atoms with E-state index < -0.39 is 0 Å². The lowest BCUT2D eigenvalue weighted by Crippen LogP contribution is -2.39. The van der Waals surface area contributed by atoms with Crippen LogP contribution in [0.1, 0.15) is 0 Å². The Morgan fingerprint density at radius 3 is 1.14 bits per heavy atom. The minimum atomic E-state index is 0.438. The first kappa shape index (κ1) is 6.84. The zero-order valence-electron chi connectivity index (χ0n) is 4.30. The Balaban J connectivity index is 2.99. The van der Waals surface area contributed by atoms with E-state index in [0.29, 0.717) is 20.0 Å². The first-order valence-corrected chi connectivity index (χ1v) is 2.17. The maximum absolute atomic E-state index is 5.16. The van der Waals surface area contributed by atoms with Crippen molar-refractivity contribution in [3.05, 3.63) is 0 Å². The molecule has 0 heterocycles. The lowest BCUT2D eigenvalue weighted by atomic mass is 10.8. The van der Waals surface area contributed by atoms with E-state index in [4.69, 9.17) is 17.2 Å². The van der Waals surface area contributed by atoms with Crippen LogP contribution in [-0.2, 0) is 0 Å². The summed E-state index contributed by atoms with van der Waals surface area (Å²) in [5.74, 6) is 0. The van der Waals surface area contributed by atoms with E-state index in [0.717, 1.165) is 0 Å². The number of hydrogen-bond donors (Lipinski definition) is 3. The number of nitrogens with zero attached hydrogens (tertiary/aromatic N) is 1. The smallest absolute Gasteiger partial charge is 0.0479 e. The van der Waals surface area contributed by atoms with Gasteiger partial charge in [-0.25, -0.2) is 0 Å². The number of nitrogens with two attached hydrogens (primary N) is 3. The second-order valence-corrected chi connectivity index (χ2v) is 1.22. The highest BCUT2D eigenvalue weighted by Crippen LogP contribution is 1.68. The Labute approximate surface area is 43.2 Å². The SMILES string of the molecule is NCN(CN)CN. The van der Waals surface area contributed by atoms with Crippen LogP contribution in [0, 0.1) is 0 Å². The summed E-state index contributed by atoms with van der Waals surface area (Å²) < 4.78 is 0. The summed E-state index contributed by atoms with van der Waals surface area (Å²) in [7, 11) is 0. The fourth-order valence-electron chi connectivity index (χ4n) is 0.224. The molecule has 0 fully saturated rings. The van der Waals surface area contributed by atoms with Gasteiger partial charge in [0.05, 0.1) is 0 Å². The summed E-state index contributed by atoms with van der Waals surface area (Å²) in [6.07, 6.45) is 0. The highest BCUT2D eigenvalue weighted by atomic mass is 15.2. The predicted molar refractivity (Wildman–Crippen MR) is 29.0 cm³/mol. The van der Waals surface area contributed by atoms with Crippen LogP contribution >= 0.6 is 0 Å². The van der Waals surface area contributed by atoms with E-state index in [9.17, 15) is 0 Å². The minimum absolute atomic E-state index is 0.438. The highest BCUT2D eigenvalue weighted by molar-refractivity contribution is 4.40. The zero-order valence-corrected chi connectivity index (χ0v) is 4.30. The Morgan fingerprint density at radius 1 is 0.857 bits per heavy atom. The van der Waals surface area contributed by atoms with Crippen LogP contribution < -0.4 is 17.2 Å². The van der Waals surface area contributed by atoms with Gasteiger partial charge in [0.25, 0.3) is 0 Å². The molecule has 0 bridgehead atoms. The largest absolute Gasteiger partial charge is 0.318 e. The fraction of sp³-hybridized carbons (Fsp3) is 1.00. The van der Waals surface area contributed by atoms with Gasteiger partial charge in [0.15, 0.2) is 0 Å². The molecule has 44 valence electrons. The Hall–Kier alpha value is -0.160. The molecule has 0 unspecified atom stereocenters. The van der Waals surface area contributed by atoms with Crippen molar-refractivity contribution in [1.29, 1.82) is 0 Å². The number of hydrogen-bond acceptors (Lipinski definition) is 4. The Kier molecular flexibility index (Phi) is 3.92. The van der Waals surface area contributed by atoms with Gasteiger partial charge in [-0.2, -0.15) is 0 Å². The van der Waals surface area contributed by atoms with Gasteiger partial charge in [-0.15, -0.1) is 0 Å². The van der Waals surface area contributed by atoms with Crippen LogP contribution in [0.3, 0.4) is 0 Å². The molecule has 4 nitrogen and oxygen atoms in total. The topological polar surface area (TPSA) is 81.3 Å². The Bertz CT molecular complexity index is 28.4. The summed E-state index contributed by atoms with van der Waals surface area (Å²) in [6.45, 7) is 1.31. The molecule has 0 spiro atoms. The Morgan fingerprint density at radius 2 is 1.14 bits per heavy atom. The summed E-state index contributed by atoms with van der Waals surface area (Å²) >= 11 is 0. The van der Waals surface area contributed by atoms with Crippen molar-refractivity contribution in [3.63, 3.8) is 0 Å². The molecule has 0 amide bonds. The predicted octanol–water partition coefficient (Wildman–Crippen LogP) is -1.96. The maximum atomic E-state index is 5.16. The molecule has 0 aliphatic carbocycles.